The second-order valence-electron chi connectivity index (χ2n) is 3.95. The topological polar surface area (TPSA) is 3.88 Å². The Kier molecular flexibility index (Phi) is 3.73. The Morgan fingerprint density at radius 1 is 1.13 bits per heavy atom. The summed E-state index contributed by atoms with van der Waals surface area (Å²) in [6.45, 7) is 3.43. The molecule has 0 saturated heterocycles. The van der Waals surface area contributed by atoms with Crippen molar-refractivity contribution in [2.75, 3.05) is 0 Å². The molecule has 0 saturated carbocycles. The second-order valence-corrected chi connectivity index (χ2v) is 4.83. The van der Waals surface area contributed by atoms with Gasteiger partial charge in [0.15, 0.2) is 0 Å². The Hall–Kier alpha value is -0.890. The molecule has 0 aliphatic carbocycles. The third-order valence-electron chi connectivity index (χ3n) is 2.73. The lowest BCUT2D eigenvalue weighted by atomic mass is 10.2. The van der Waals surface area contributed by atoms with Gasteiger partial charge in [-0.2, -0.15) is 4.57 Å². The molecule has 15 heavy (non-hydrogen) atoms. The maximum Gasteiger partial charge on any atom is 0.225 e. The quantitative estimate of drug-likeness (QED) is 0.533. The van der Waals surface area contributed by atoms with Crippen LogP contribution in [0.1, 0.15) is 32.6 Å². The average Bonchev–Trinajstić information content (AvgIpc) is 2.68. The normalized spacial score (nSPS) is 11.0. The minimum Gasteiger partial charge on any atom is -0.188 e. The summed E-state index contributed by atoms with van der Waals surface area (Å²) in [6.07, 6.45) is 5.34. The van der Waals surface area contributed by atoms with Gasteiger partial charge in [-0.05, 0) is 12.5 Å². The smallest absolute Gasteiger partial charge is 0.188 e. The van der Waals surface area contributed by atoms with Crippen molar-refractivity contribution in [1.82, 2.24) is 0 Å². The van der Waals surface area contributed by atoms with E-state index in [4.69, 9.17) is 0 Å². The molecule has 2 rings (SSSR count). The fraction of sp³-hybridized carbons (Fsp3) is 0.462. The molecule has 0 spiro atoms. The SMILES string of the molecule is CCCCCC[n+]1csc2ccccc21. The third-order valence-corrected chi connectivity index (χ3v) is 3.69. The highest BCUT2D eigenvalue weighted by molar-refractivity contribution is 7.16. The summed E-state index contributed by atoms with van der Waals surface area (Å²) >= 11 is 1.84. The first-order valence-electron chi connectivity index (χ1n) is 5.77. The van der Waals surface area contributed by atoms with Gasteiger partial charge < -0.3 is 0 Å². The first-order valence-corrected chi connectivity index (χ1v) is 6.65. The Balaban J connectivity index is 2.02. The predicted molar refractivity (Wildman–Crippen MR) is 66.2 cm³/mol. The molecular weight excluding hydrogens is 202 g/mol. The lowest BCUT2D eigenvalue weighted by molar-refractivity contribution is -0.667. The highest BCUT2D eigenvalue weighted by Crippen LogP contribution is 2.15. The van der Waals surface area contributed by atoms with E-state index >= 15 is 0 Å². The molecule has 0 aliphatic heterocycles. The lowest BCUT2D eigenvalue weighted by Gasteiger charge is -1.95. The molecule has 2 aromatic rings. The lowest BCUT2D eigenvalue weighted by Crippen LogP contribution is -2.31. The number of thiazole rings is 1. The number of hydrogen-bond acceptors (Lipinski definition) is 1. The van der Waals surface area contributed by atoms with Crippen molar-refractivity contribution in [2.24, 2.45) is 0 Å². The summed E-state index contributed by atoms with van der Waals surface area (Å²) in [4.78, 5) is 0. The molecule has 1 nitrogen and oxygen atoms in total. The Morgan fingerprint density at radius 3 is 2.87 bits per heavy atom. The summed E-state index contributed by atoms with van der Waals surface area (Å²) in [6, 6.07) is 8.64. The third kappa shape index (κ3) is 2.57. The van der Waals surface area contributed by atoms with Crippen LogP contribution in [0.25, 0.3) is 10.2 Å². The molecule has 0 N–H and O–H groups in total. The van der Waals surface area contributed by atoms with E-state index in [1.807, 2.05) is 11.3 Å². The zero-order chi connectivity index (χ0) is 10.5. The van der Waals surface area contributed by atoms with Crippen LogP contribution in [-0.4, -0.2) is 0 Å². The zero-order valence-electron chi connectivity index (χ0n) is 9.28. The van der Waals surface area contributed by atoms with E-state index in [2.05, 4.69) is 41.3 Å². The van der Waals surface area contributed by atoms with E-state index in [1.54, 1.807) is 0 Å². The summed E-state index contributed by atoms with van der Waals surface area (Å²) in [5, 5.41) is 0. The Morgan fingerprint density at radius 2 is 2.00 bits per heavy atom. The van der Waals surface area contributed by atoms with Crippen LogP contribution in [0, 0.1) is 0 Å². The predicted octanol–water partition coefficient (Wildman–Crippen LogP) is 3.77. The van der Waals surface area contributed by atoms with Crippen LogP contribution in [0.15, 0.2) is 29.8 Å². The fourth-order valence-electron chi connectivity index (χ4n) is 1.85. The van der Waals surface area contributed by atoms with E-state index in [0.29, 0.717) is 0 Å². The molecule has 0 bridgehead atoms. The van der Waals surface area contributed by atoms with Gasteiger partial charge in [0, 0.05) is 12.5 Å². The largest absolute Gasteiger partial charge is 0.225 e. The van der Waals surface area contributed by atoms with Gasteiger partial charge in [-0.3, -0.25) is 0 Å². The number of benzene rings is 1. The summed E-state index contributed by atoms with van der Waals surface area (Å²) in [5.41, 5.74) is 3.63. The number of aromatic nitrogens is 1. The molecule has 1 aromatic carbocycles. The summed E-state index contributed by atoms with van der Waals surface area (Å²) in [5.74, 6) is 0. The zero-order valence-corrected chi connectivity index (χ0v) is 10.1. The van der Waals surface area contributed by atoms with Gasteiger partial charge >= 0.3 is 0 Å². The van der Waals surface area contributed by atoms with E-state index in [9.17, 15) is 0 Å². The first-order chi connectivity index (χ1) is 7.42. The molecule has 80 valence electrons. The number of unbranched alkanes of at least 4 members (excludes halogenated alkanes) is 3. The van der Waals surface area contributed by atoms with Gasteiger partial charge in [0.2, 0.25) is 11.0 Å². The molecule has 0 amide bonds. The highest BCUT2D eigenvalue weighted by atomic mass is 32.1. The molecule has 0 atom stereocenters. The number of fused-ring (bicyclic) bond motifs is 1. The summed E-state index contributed by atoms with van der Waals surface area (Å²) in [7, 11) is 0. The Bertz CT molecular complexity index is 419. The fourth-order valence-corrected chi connectivity index (χ4v) is 2.78. The van der Waals surface area contributed by atoms with E-state index in [-0.39, 0.29) is 0 Å². The van der Waals surface area contributed by atoms with Gasteiger partial charge in [0.1, 0.15) is 11.2 Å². The molecule has 0 fully saturated rings. The van der Waals surface area contributed by atoms with E-state index < -0.39 is 0 Å². The summed E-state index contributed by atoms with van der Waals surface area (Å²) < 4.78 is 3.78. The van der Waals surface area contributed by atoms with Crippen molar-refractivity contribution in [1.29, 1.82) is 0 Å². The van der Waals surface area contributed by atoms with E-state index in [0.717, 1.165) is 0 Å². The first kappa shape index (κ1) is 10.6. The number of para-hydroxylation sites is 1. The Labute approximate surface area is 95.4 Å². The standard InChI is InChI=1S/C13H18NS/c1-2-3-4-7-10-14-11-15-13-9-6-5-8-12(13)14/h5-6,8-9,11H,2-4,7,10H2,1H3/q+1. The maximum absolute atomic E-state index is 2.38. The minimum absolute atomic E-state index is 1.17. The van der Waals surface area contributed by atoms with E-state index in [1.165, 1.54) is 42.4 Å². The molecule has 1 aromatic heterocycles. The van der Waals surface area contributed by atoms with Crippen LogP contribution in [-0.2, 0) is 6.54 Å². The van der Waals surface area contributed by atoms with Crippen molar-refractivity contribution >= 4 is 21.6 Å². The van der Waals surface area contributed by atoms with Gasteiger partial charge in [0.25, 0.3) is 0 Å². The maximum atomic E-state index is 2.38. The van der Waals surface area contributed by atoms with Crippen LogP contribution >= 0.6 is 11.3 Å². The van der Waals surface area contributed by atoms with Crippen molar-refractivity contribution in [2.45, 2.75) is 39.2 Å². The number of rotatable bonds is 5. The molecule has 0 radical (unpaired) electrons. The number of nitrogens with zero attached hydrogens (tertiary/aromatic N) is 1. The van der Waals surface area contributed by atoms with Crippen LogP contribution in [0.4, 0.5) is 0 Å². The van der Waals surface area contributed by atoms with Gasteiger partial charge in [-0.25, -0.2) is 0 Å². The average molecular weight is 220 g/mol. The molecule has 1 heterocycles. The number of aryl methyl sites for hydroxylation is 1. The van der Waals surface area contributed by atoms with Gasteiger partial charge in [-0.1, -0.05) is 43.2 Å². The van der Waals surface area contributed by atoms with Crippen LogP contribution < -0.4 is 4.57 Å². The van der Waals surface area contributed by atoms with Gasteiger partial charge in [-0.15, -0.1) is 0 Å². The van der Waals surface area contributed by atoms with Crippen molar-refractivity contribution in [3.05, 3.63) is 29.8 Å². The van der Waals surface area contributed by atoms with Crippen molar-refractivity contribution in [3.8, 4) is 0 Å². The van der Waals surface area contributed by atoms with Crippen molar-refractivity contribution in [3.63, 3.8) is 0 Å². The van der Waals surface area contributed by atoms with Crippen molar-refractivity contribution < 1.29 is 4.57 Å². The van der Waals surface area contributed by atoms with Crippen LogP contribution in [0.2, 0.25) is 0 Å². The van der Waals surface area contributed by atoms with Crippen LogP contribution in [0.5, 0.6) is 0 Å². The molecule has 2 heteroatoms. The number of hydrogen-bond donors (Lipinski definition) is 0. The molecule has 0 aliphatic rings. The molecule has 0 unspecified atom stereocenters. The second kappa shape index (κ2) is 5.26. The van der Waals surface area contributed by atoms with Crippen LogP contribution in [0.3, 0.4) is 0 Å². The molecular formula is C13H18NS+. The minimum atomic E-state index is 1.17. The van der Waals surface area contributed by atoms with Gasteiger partial charge in [0.05, 0.1) is 0 Å². The highest BCUT2D eigenvalue weighted by Gasteiger charge is 2.09. The monoisotopic (exact) mass is 220 g/mol.